The highest BCUT2D eigenvalue weighted by Gasteiger charge is 2.20. The number of fused-ring (bicyclic) bond motifs is 1. The number of hydrogen-bond donors (Lipinski definition) is 1. The maximum atomic E-state index is 12.9. The number of hydrogen-bond acceptors (Lipinski definition) is 6. The summed E-state index contributed by atoms with van der Waals surface area (Å²) in [5.74, 6) is 0.362. The molecule has 0 bridgehead atoms. The first-order valence-electron chi connectivity index (χ1n) is 10.7. The molecule has 1 aliphatic rings. The largest absolute Gasteiger partial charge is 0.479 e. The topological polar surface area (TPSA) is 84.4 Å². The fourth-order valence-corrected chi connectivity index (χ4v) is 4.92. The molecule has 0 atom stereocenters. The Bertz CT molecular complexity index is 1320. The molecule has 0 unspecified atom stereocenters. The maximum absolute atomic E-state index is 12.9. The number of carbonyl (C=O) groups excluding carboxylic acids is 2. The Hall–Kier alpha value is -3.78. The number of nitrogens with one attached hydrogen (secondary N) is 1. The van der Waals surface area contributed by atoms with Crippen molar-refractivity contribution in [3.05, 3.63) is 71.9 Å². The molecule has 5 rings (SSSR count). The smallest absolute Gasteiger partial charge is 0.257 e. The summed E-state index contributed by atoms with van der Waals surface area (Å²) in [5.41, 5.74) is 4.10. The number of amides is 2. The lowest BCUT2D eigenvalue weighted by atomic mass is 10.1. The maximum Gasteiger partial charge on any atom is 0.257 e. The van der Waals surface area contributed by atoms with E-state index in [1.807, 2.05) is 47.4 Å². The van der Waals surface area contributed by atoms with E-state index in [-0.39, 0.29) is 11.8 Å². The summed E-state index contributed by atoms with van der Waals surface area (Å²) in [7, 11) is 1.55. The van der Waals surface area contributed by atoms with Gasteiger partial charge in [-0.05, 0) is 29.7 Å². The van der Waals surface area contributed by atoms with E-state index in [2.05, 4.69) is 15.3 Å². The van der Waals surface area contributed by atoms with Crippen molar-refractivity contribution in [2.24, 2.45) is 0 Å². The number of likely N-dealkylation sites (tertiary alicyclic amines) is 1. The van der Waals surface area contributed by atoms with Crippen molar-refractivity contribution in [1.29, 1.82) is 0 Å². The quantitative estimate of drug-likeness (QED) is 0.451. The molecule has 3 heterocycles. The van der Waals surface area contributed by atoms with E-state index in [4.69, 9.17) is 4.74 Å². The van der Waals surface area contributed by atoms with E-state index < -0.39 is 0 Å². The molecular weight excluding hydrogens is 436 g/mol. The van der Waals surface area contributed by atoms with Crippen LogP contribution in [0.5, 0.6) is 5.88 Å². The molecule has 2 aromatic carbocycles. The van der Waals surface area contributed by atoms with Gasteiger partial charge in [-0.2, -0.15) is 0 Å². The van der Waals surface area contributed by atoms with E-state index in [1.165, 1.54) is 11.3 Å². The van der Waals surface area contributed by atoms with Crippen molar-refractivity contribution in [1.82, 2.24) is 14.9 Å². The number of methoxy groups -OCH3 is 1. The highest BCUT2D eigenvalue weighted by Crippen LogP contribution is 2.38. The Balaban J connectivity index is 1.37. The van der Waals surface area contributed by atoms with Crippen LogP contribution in [0.4, 0.5) is 5.13 Å². The number of ether oxygens (including phenoxy) is 1. The molecule has 1 aliphatic heterocycles. The molecule has 0 saturated carbocycles. The molecule has 166 valence electrons. The minimum Gasteiger partial charge on any atom is -0.479 e. The van der Waals surface area contributed by atoms with Gasteiger partial charge in [0.15, 0.2) is 5.13 Å². The van der Waals surface area contributed by atoms with Gasteiger partial charge >= 0.3 is 0 Å². The Labute approximate surface area is 195 Å². The number of rotatable bonds is 6. The van der Waals surface area contributed by atoms with Crippen LogP contribution in [0.1, 0.15) is 28.8 Å². The third-order valence-corrected chi connectivity index (χ3v) is 6.65. The molecule has 2 amide bonds. The van der Waals surface area contributed by atoms with E-state index in [0.29, 0.717) is 35.1 Å². The summed E-state index contributed by atoms with van der Waals surface area (Å²) in [4.78, 5) is 35.5. The third kappa shape index (κ3) is 4.29. The molecule has 7 nitrogen and oxygen atoms in total. The number of thiazole rings is 1. The van der Waals surface area contributed by atoms with Crippen LogP contribution in [-0.2, 0) is 11.3 Å². The first kappa shape index (κ1) is 21.1. The van der Waals surface area contributed by atoms with Gasteiger partial charge in [-0.3, -0.25) is 14.9 Å². The molecule has 1 saturated heterocycles. The van der Waals surface area contributed by atoms with Gasteiger partial charge < -0.3 is 9.64 Å². The summed E-state index contributed by atoms with van der Waals surface area (Å²) in [6.07, 6.45) is 3.30. The molecule has 2 aromatic heterocycles. The normalized spacial score (nSPS) is 13.5. The Kier molecular flexibility index (Phi) is 5.75. The van der Waals surface area contributed by atoms with Gasteiger partial charge in [0.25, 0.3) is 5.91 Å². The van der Waals surface area contributed by atoms with Crippen molar-refractivity contribution in [3.8, 4) is 17.0 Å². The first-order valence-corrected chi connectivity index (χ1v) is 11.5. The molecule has 0 aliphatic carbocycles. The summed E-state index contributed by atoms with van der Waals surface area (Å²) >= 11 is 1.39. The predicted molar refractivity (Wildman–Crippen MR) is 128 cm³/mol. The van der Waals surface area contributed by atoms with Gasteiger partial charge in [0.1, 0.15) is 5.52 Å². The SMILES string of the molecule is COc1ncc(-c2ccccc2)c2sc(NC(=O)c3ccc(CN4CCCC4=O)cc3)nc12. The zero-order valence-electron chi connectivity index (χ0n) is 18.1. The molecule has 8 heteroatoms. The van der Waals surface area contributed by atoms with Crippen LogP contribution in [0.25, 0.3) is 21.3 Å². The van der Waals surface area contributed by atoms with Gasteiger partial charge in [-0.1, -0.05) is 53.8 Å². The fraction of sp³-hybridized carbons (Fsp3) is 0.200. The van der Waals surface area contributed by atoms with Crippen LogP contribution in [-0.4, -0.2) is 40.3 Å². The van der Waals surface area contributed by atoms with Crippen molar-refractivity contribution in [2.75, 3.05) is 19.0 Å². The number of anilines is 1. The van der Waals surface area contributed by atoms with Crippen molar-refractivity contribution in [3.63, 3.8) is 0 Å². The molecule has 0 spiro atoms. The minimum absolute atomic E-state index is 0.187. The van der Waals surface area contributed by atoms with Gasteiger partial charge in [0.2, 0.25) is 11.8 Å². The van der Waals surface area contributed by atoms with Crippen molar-refractivity contribution in [2.45, 2.75) is 19.4 Å². The lowest BCUT2D eigenvalue weighted by Gasteiger charge is -2.15. The van der Waals surface area contributed by atoms with Crippen LogP contribution in [0, 0.1) is 0 Å². The second kappa shape index (κ2) is 8.99. The average molecular weight is 459 g/mol. The number of pyridine rings is 1. The zero-order valence-corrected chi connectivity index (χ0v) is 18.9. The van der Waals surface area contributed by atoms with E-state index in [9.17, 15) is 9.59 Å². The highest BCUT2D eigenvalue weighted by atomic mass is 32.1. The van der Waals surface area contributed by atoms with E-state index in [0.717, 1.165) is 34.4 Å². The summed E-state index contributed by atoms with van der Waals surface area (Å²) in [5, 5.41) is 3.37. The lowest BCUT2D eigenvalue weighted by molar-refractivity contribution is -0.128. The zero-order chi connectivity index (χ0) is 22.8. The highest BCUT2D eigenvalue weighted by molar-refractivity contribution is 7.23. The van der Waals surface area contributed by atoms with Crippen molar-refractivity contribution < 1.29 is 14.3 Å². The molecule has 0 radical (unpaired) electrons. The van der Waals surface area contributed by atoms with Gasteiger partial charge in [0.05, 0.1) is 11.8 Å². The average Bonchev–Trinajstić information content (AvgIpc) is 3.45. The minimum atomic E-state index is -0.244. The molecule has 33 heavy (non-hydrogen) atoms. The molecular formula is C25H22N4O3S. The molecule has 1 fully saturated rings. The lowest BCUT2D eigenvalue weighted by Crippen LogP contribution is -2.23. The number of carbonyl (C=O) groups is 2. The second-order valence-electron chi connectivity index (χ2n) is 7.81. The molecule has 1 N–H and O–H groups in total. The summed E-state index contributed by atoms with van der Waals surface area (Å²) in [6, 6.07) is 17.3. The predicted octanol–water partition coefficient (Wildman–Crippen LogP) is 4.74. The van der Waals surface area contributed by atoms with Crippen LogP contribution in [0.15, 0.2) is 60.8 Å². The summed E-state index contributed by atoms with van der Waals surface area (Å²) in [6.45, 7) is 1.37. The first-order chi connectivity index (χ1) is 16.1. The number of nitrogens with zero attached hydrogens (tertiary/aromatic N) is 3. The van der Waals surface area contributed by atoms with Crippen LogP contribution in [0.2, 0.25) is 0 Å². The third-order valence-electron chi connectivity index (χ3n) is 5.64. The van der Waals surface area contributed by atoms with E-state index >= 15 is 0 Å². The standard InChI is InChI=1S/C25H22N4O3S/c1-32-24-21-22(19(14-26-24)17-6-3-2-4-7-17)33-25(27-21)28-23(31)18-11-9-16(10-12-18)15-29-13-5-8-20(29)30/h2-4,6-7,9-12,14H,5,8,13,15H2,1H3,(H,27,28,31). The Morgan fingerprint density at radius 1 is 1.15 bits per heavy atom. The van der Waals surface area contributed by atoms with Crippen LogP contribution < -0.4 is 10.1 Å². The Morgan fingerprint density at radius 2 is 1.94 bits per heavy atom. The number of benzene rings is 2. The number of aromatic nitrogens is 2. The van der Waals surface area contributed by atoms with E-state index in [1.54, 1.807) is 25.4 Å². The summed E-state index contributed by atoms with van der Waals surface area (Å²) < 4.78 is 6.29. The second-order valence-corrected chi connectivity index (χ2v) is 8.81. The van der Waals surface area contributed by atoms with Crippen LogP contribution >= 0.6 is 11.3 Å². The Morgan fingerprint density at radius 3 is 2.64 bits per heavy atom. The monoisotopic (exact) mass is 458 g/mol. The molecule has 4 aromatic rings. The van der Waals surface area contributed by atoms with Gasteiger partial charge in [-0.15, -0.1) is 0 Å². The fourth-order valence-electron chi connectivity index (χ4n) is 3.94. The van der Waals surface area contributed by atoms with Gasteiger partial charge in [-0.25, -0.2) is 9.97 Å². The van der Waals surface area contributed by atoms with Crippen molar-refractivity contribution >= 4 is 38.5 Å². The van der Waals surface area contributed by atoms with Gasteiger partial charge in [0, 0.05) is 36.8 Å². The van der Waals surface area contributed by atoms with Crippen LogP contribution in [0.3, 0.4) is 0 Å².